The molecule has 1 saturated heterocycles. The van der Waals surface area contributed by atoms with Crippen molar-refractivity contribution in [1.82, 2.24) is 13.9 Å². The molecule has 0 aromatic heterocycles. The molecule has 0 atom stereocenters. The Hall–Kier alpha value is -0.862. The molecular formula is C19H46N6O2Si4. The molecule has 1 heterocycles. The molecule has 0 aromatic rings. The predicted molar refractivity (Wildman–Crippen MR) is 139 cm³/mol. The third-order valence-electron chi connectivity index (χ3n) is 3.56. The van der Waals surface area contributed by atoms with Crippen molar-refractivity contribution in [1.29, 1.82) is 15.8 Å². The van der Waals surface area contributed by atoms with Crippen molar-refractivity contribution in [3.63, 3.8) is 0 Å². The number of rotatable bonds is 7. The molecule has 1 rings (SSSR count). The van der Waals surface area contributed by atoms with E-state index in [4.69, 9.17) is 24.6 Å². The Morgan fingerprint density at radius 3 is 1.16 bits per heavy atom. The number of hydrogen-bond donors (Lipinski definition) is 3. The maximum atomic E-state index is 8.28. The third kappa shape index (κ3) is 22.1. The Morgan fingerprint density at radius 1 is 0.677 bits per heavy atom. The normalized spacial score (nSPS) is 17.6. The van der Waals surface area contributed by atoms with Crippen LogP contribution < -0.4 is 13.9 Å². The molecule has 0 spiro atoms. The van der Waals surface area contributed by atoms with Crippen molar-refractivity contribution in [3.05, 3.63) is 0 Å². The molecule has 3 N–H and O–H groups in total. The van der Waals surface area contributed by atoms with E-state index in [-0.39, 0.29) is 7.43 Å². The first-order chi connectivity index (χ1) is 13.7. The highest BCUT2D eigenvalue weighted by atomic mass is 28.5. The molecule has 0 saturated carbocycles. The Labute approximate surface area is 196 Å². The van der Waals surface area contributed by atoms with Crippen LogP contribution in [-0.4, -0.2) is 47.0 Å². The number of nitrogens with one attached hydrogen (secondary N) is 3. The molecule has 0 unspecified atom stereocenters. The SMILES string of the molecule is C.CCCC#N.C[Si](C)(OCCC#N)OCCC#N.C[Si]1(C)N[Si](C)(C)N[Si](C)(C)N1. The lowest BCUT2D eigenvalue weighted by molar-refractivity contribution is 0.186. The molecule has 1 aliphatic rings. The minimum atomic E-state index is -2.08. The average Bonchev–Trinajstić information content (AvgIpc) is 2.52. The fourth-order valence-corrected chi connectivity index (χ4v) is 25.7. The number of hydrogen-bond acceptors (Lipinski definition) is 8. The van der Waals surface area contributed by atoms with Gasteiger partial charge in [0.2, 0.25) is 0 Å². The van der Waals surface area contributed by atoms with E-state index in [9.17, 15) is 0 Å². The molecule has 180 valence electrons. The largest absolute Gasteiger partial charge is 0.393 e. The van der Waals surface area contributed by atoms with Gasteiger partial charge in [-0.15, -0.1) is 0 Å². The predicted octanol–water partition coefficient (Wildman–Crippen LogP) is 4.37. The van der Waals surface area contributed by atoms with Crippen LogP contribution >= 0.6 is 0 Å². The van der Waals surface area contributed by atoms with Crippen LogP contribution in [0.5, 0.6) is 0 Å². The number of nitriles is 3. The zero-order valence-electron chi connectivity index (χ0n) is 20.4. The summed E-state index contributed by atoms with van der Waals surface area (Å²) in [6, 6.07) is 6.01. The van der Waals surface area contributed by atoms with Gasteiger partial charge < -0.3 is 22.8 Å². The average molecular weight is 503 g/mol. The molecule has 1 aliphatic heterocycles. The second-order valence-corrected chi connectivity index (χ2v) is 25.2. The summed E-state index contributed by atoms with van der Waals surface area (Å²) in [4.78, 5) is 0. The van der Waals surface area contributed by atoms with E-state index in [1.54, 1.807) is 0 Å². The van der Waals surface area contributed by atoms with Crippen LogP contribution in [0.3, 0.4) is 0 Å². The monoisotopic (exact) mass is 502 g/mol. The van der Waals surface area contributed by atoms with E-state index in [0.29, 0.717) is 32.5 Å². The van der Waals surface area contributed by atoms with Crippen LogP contribution in [0.2, 0.25) is 52.4 Å². The molecule has 0 aromatic carbocycles. The molecule has 8 nitrogen and oxygen atoms in total. The lowest BCUT2D eigenvalue weighted by Gasteiger charge is -2.49. The van der Waals surface area contributed by atoms with Crippen molar-refractivity contribution in [3.8, 4) is 18.2 Å². The van der Waals surface area contributed by atoms with Crippen molar-refractivity contribution in [2.45, 2.75) is 92.4 Å². The lowest BCUT2D eigenvalue weighted by atomic mass is 10.4. The van der Waals surface area contributed by atoms with Crippen LogP contribution in [0.15, 0.2) is 0 Å². The molecule has 1 fully saturated rings. The van der Waals surface area contributed by atoms with Gasteiger partial charge in [-0.25, -0.2) is 0 Å². The highest BCUT2D eigenvalue weighted by molar-refractivity contribution is 7.04. The van der Waals surface area contributed by atoms with Gasteiger partial charge in [0.25, 0.3) is 0 Å². The van der Waals surface area contributed by atoms with E-state index in [2.05, 4.69) is 53.2 Å². The van der Waals surface area contributed by atoms with E-state index in [0.717, 1.165) is 6.42 Å². The van der Waals surface area contributed by atoms with Gasteiger partial charge in [0.05, 0.1) is 31.0 Å². The second kappa shape index (κ2) is 16.7. The van der Waals surface area contributed by atoms with Crippen LogP contribution in [0.25, 0.3) is 0 Å². The maximum Gasteiger partial charge on any atom is 0.331 e. The Balaban J connectivity index is -0.000000407. The quantitative estimate of drug-likeness (QED) is 0.346. The van der Waals surface area contributed by atoms with Gasteiger partial charge in [-0.3, -0.25) is 0 Å². The third-order valence-corrected chi connectivity index (χ3v) is 20.4. The zero-order chi connectivity index (χ0) is 23.9. The first-order valence-corrected chi connectivity index (χ1v) is 22.2. The summed E-state index contributed by atoms with van der Waals surface area (Å²) >= 11 is 0. The van der Waals surface area contributed by atoms with E-state index >= 15 is 0 Å². The fraction of sp³-hybridized carbons (Fsp3) is 0.842. The van der Waals surface area contributed by atoms with Crippen molar-refractivity contribution < 1.29 is 8.85 Å². The van der Waals surface area contributed by atoms with Gasteiger partial charge in [0.15, 0.2) is 25.2 Å². The number of unbranched alkanes of at least 4 members (excludes halogenated alkanes) is 1. The maximum absolute atomic E-state index is 8.28. The Kier molecular flexibility index (Phi) is 18.7. The molecule has 0 radical (unpaired) electrons. The minimum absolute atomic E-state index is 0. The summed E-state index contributed by atoms with van der Waals surface area (Å²) in [5.74, 6) is 0. The second-order valence-electron chi connectivity index (χ2n) is 9.07. The Bertz CT molecular complexity index is 543. The molecule has 31 heavy (non-hydrogen) atoms. The number of nitrogens with zero attached hydrogens (tertiary/aromatic N) is 3. The van der Waals surface area contributed by atoms with Gasteiger partial charge in [-0.05, 0) is 58.8 Å². The summed E-state index contributed by atoms with van der Waals surface area (Å²) < 4.78 is 22.1. The first kappa shape index (κ1) is 34.7. The van der Waals surface area contributed by atoms with Crippen molar-refractivity contribution in [2.75, 3.05) is 13.2 Å². The summed E-state index contributed by atoms with van der Waals surface area (Å²) in [5.41, 5.74) is 0. The summed E-state index contributed by atoms with van der Waals surface area (Å²) in [7, 11) is -5.98. The minimum Gasteiger partial charge on any atom is -0.393 e. The van der Waals surface area contributed by atoms with Crippen LogP contribution in [0.4, 0.5) is 0 Å². The van der Waals surface area contributed by atoms with E-state index in [1.807, 2.05) is 38.2 Å². The molecule has 0 aliphatic carbocycles. The highest BCUT2D eigenvalue weighted by Crippen LogP contribution is 2.11. The lowest BCUT2D eigenvalue weighted by Crippen LogP contribution is -2.87. The topological polar surface area (TPSA) is 126 Å². The molecule has 0 bridgehead atoms. The first-order valence-electron chi connectivity index (χ1n) is 10.4. The van der Waals surface area contributed by atoms with Gasteiger partial charge in [-0.1, -0.05) is 14.4 Å². The van der Waals surface area contributed by atoms with E-state index in [1.165, 1.54) is 0 Å². The van der Waals surface area contributed by atoms with Gasteiger partial charge >= 0.3 is 8.56 Å². The summed E-state index contributed by atoms with van der Waals surface area (Å²) in [5, 5.41) is 24.4. The van der Waals surface area contributed by atoms with Crippen LogP contribution in [-0.2, 0) is 8.85 Å². The van der Waals surface area contributed by atoms with Gasteiger partial charge in [0.1, 0.15) is 0 Å². The smallest absolute Gasteiger partial charge is 0.331 e. The highest BCUT2D eigenvalue weighted by Gasteiger charge is 2.44. The standard InChI is InChI=1S/C8H14N2O2Si.C6H21N3Si3.C4H7N.CH4/c1-13(2,11-7-3-5-9)12-8-4-6-10;1-10(2)7-11(3,4)9-12(5,6)8-10;1-2-3-4-5;/h3-4,7-8H2,1-2H3;7-9H,1-6H3;2-3H2,1H3;1H4. The Morgan fingerprint density at radius 2 is 0.968 bits per heavy atom. The summed E-state index contributed by atoms with van der Waals surface area (Å²) in [6.45, 7) is 20.8. The van der Waals surface area contributed by atoms with Crippen LogP contribution in [0.1, 0.15) is 40.0 Å². The van der Waals surface area contributed by atoms with Gasteiger partial charge in [0, 0.05) is 19.6 Å². The molecule has 12 heteroatoms. The molecular weight excluding hydrogens is 457 g/mol. The van der Waals surface area contributed by atoms with Crippen molar-refractivity contribution >= 4 is 33.8 Å². The van der Waals surface area contributed by atoms with Crippen molar-refractivity contribution in [2.24, 2.45) is 0 Å². The van der Waals surface area contributed by atoms with Gasteiger partial charge in [-0.2, -0.15) is 15.8 Å². The molecule has 0 amide bonds. The zero-order valence-corrected chi connectivity index (χ0v) is 24.4. The summed E-state index contributed by atoms with van der Waals surface area (Å²) in [6.07, 6.45) is 2.45. The van der Waals surface area contributed by atoms with E-state index < -0.39 is 33.8 Å². The van der Waals surface area contributed by atoms with Crippen LogP contribution in [0, 0.1) is 34.0 Å². The fourth-order valence-electron chi connectivity index (χ4n) is 3.28.